The van der Waals surface area contributed by atoms with E-state index in [9.17, 15) is 26.4 Å². The molecule has 0 saturated carbocycles. The maximum atomic E-state index is 13.3. The second-order valence-electron chi connectivity index (χ2n) is 6.06. The van der Waals surface area contributed by atoms with Crippen LogP contribution in [0.25, 0.3) is 0 Å². The average Bonchev–Trinajstić information content (AvgIpc) is 2.70. The van der Waals surface area contributed by atoms with Gasteiger partial charge in [-0.05, 0) is 60.7 Å². The van der Waals surface area contributed by atoms with Crippen LogP contribution in [0.5, 0.6) is 5.75 Å². The Labute approximate surface area is 170 Å². The molecule has 0 aliphatic carbocycles. The quantitative estimate of drug-likeness (QED) is 0.608. The lowest BCUT2D eigenvalue weighted by Gasteiger charge is -2.14. The highest BCUT2D eigenvalue weighted by Gasteiger charge is 2.18. The van der Waals surface area contributed by atoms with Gasteiger partial charge in [-0.15, -0.1) is 0 Å². The Balaban J connectivity index is 1.87. The Hall–Kier alpha value is -3.53. The van der Waals surface area contributed by atoms with Crippen molar-refractivity contribution >= 4 is 27.3 Å². The van der Waals surface area contributed by atoms with Crippen LogP contribution in [-0.4, -0.2) is 21.4 Å². The fraction of sp³-hybridized carbons (Fsp3) is 0.0500. The van der Waals surface area contributed by atoms with E-state index in [-0.39, 0.29) is 27.6 Å². The van der Waals surface area contributed by atoms with Gasteiger partial charge in [0.05, 0.1) is 17.7 Å². The Bertz CT molecular complexity index is 1200. The number of rotatable bonds is 6. The lowest BCUT2D eigenvalue weighted by molar-refractivity contribution is 0.102. The number of anilines is 2. The molecule has 3 aromatic carbocycles. The van der Waals surface area contributed by atoms with Crippen molar-refractivity contribution in [3.8, 4) is 5.75 Å². The van der Waals surface area contributed by atoms with Crippen LogP contribution in [0.15, 0.2) is 65.6 Å². The largest absolute Gasteiger partial charge is 0.495 e. The molecule has 156 valence electrons. The lowest BCUT2D eigenvalue weighted by Crippen LogP contribution is -2.15. The summed E-state index contributed by atoms with van der Waals surface area (Å²) in [5.41, 5.74) is 0.0467. The van der Waals surface area contributed by atoms with Crippen molar-refractivity contribution in [2.24, 2.45) is 0 Å². The molecule has 0 aliphatic rings. The van der Waals surface area contributed by atoms with Gasteiger partial charge < -0.3 is 10.1 Å². The van der Waals surface area contributed by atoms with E-state index in [0.717, 1.165) is 42.5 Å². The van der Waals surface area contributed by atoms with E-state index < -0.39 is 33.4 Å². The van der Waals surface area contributed by atoms with Gasteiger partial charge in [0.25, 0.3) is 15.9 Å². The van der Waals surface area contributed by atoms with Crippen LogP contribution < -0.4 is 14.8 Å². The number of hydrogen-bond donors (Lipinski definition) is 2. The molecule has 3 rings (SSSR count). The fourth-order valence-corrected chi connectivity index (χ4v) is 3.58. The molecular formula is C20H15F3N2O4S. The number of halogens is 3. The third-order valence-electron chi connectivity index (χ3n) is 4.01. The number of hydrogen-bond acceptors (Lipinski definition) is 4. The van der Waals surface area contributed by atoms with Crippen molar-refractivity contribution in [1.82, 2.24) is 0 Å². The monoisotopic (exact) mass is 436 g/mol. The van der Waals surface area contributed by atoms with E-state index >= 15 is 0 Å². The summed E-state index contributed by atoms with van der Waals surface area (Å²) >= 11 is 0. The Morgan fingerprint density at radius 3 is 2.23 bits per heavy atom. The summed E-state index contributed by atoms with van der Waals surface area (Å²) in [4.78, 5) is 12.1. The highest BCUT2D eigenvalue weighted by atomic mass is 32.2. The normalized spacial score (nSPS) is 11.1. The van der Waals surface area contributed by atoms with E-state index in [1.54, 1.807) is 0 Å². The zero-order valence-corrected chi connectivity index (χ0v) is 16.3. The van der Waals surface area contributed by atoms with Crippen LogP contribution in [0.3, 0.4) is 0 Å². The summed E-state index contributed by atoms with van der Waals surface area (Å²) in [6.07, 6.45) is 0. The van der Waals surface area contributed by atoms with Gasteiger partial charge in [0, 0.05) is 11.3 Å². The van der Waals surface area contributed by atoms with E-state index in [4.69, 9.17) is 4.74 Å². The Kier molecular flexibility index (Phi) is 5.97. The van der Waals surface area contributed by atoms with Crippen molar-refractivity contribution < 1.29 is 31.1 Å². The molecule has 3 aromatic rings. The number of sulfonamides is 1. The summed E-state index contributed by atoms with van der Waals surface area (Å²) in [6, 6.07) is 11.0. The van der Waals surface area contributed by atoms with Crippen LogP contribution in [0.2, 0.25) is 0 Å². The fourth-order valence-electron chi connectivity index (χ4n) is 2.52. The van der Waals surface area contributed by atoms with Gasteiger partial charge in [0.15, 0.2) is 11.6 Å². The third kappa shape index (κ3) is 4.71. The van der Waals surface area contributed by atoms with E-state index in [0.29, 0.717) is 0 Å². The molecule has 0 aliphatic heterocycles. The molecule has 6 nitrogen and oxygen atoms in total. The van der Waals surface area contributed by atoms with Crippen LogP contribution in [0.4, 0.5) is 24.5 Å². The number of nitrogens with one attached hydrogen (secondary N) is 2. The molecule has 0 saturated heterocycles. The molecule has 0 unspecified atom stereocenters. The zero-order valence-electron chi connectivity index (χ0n) is 15.4. The minimum atomic E-state index is -4.07. The number of ether oxygens (including phenoxy) is 1. The van der Waals surface area contributed by atoms with Gasteiger partial charge in [0.1, 0.15) is 11.6 Å². The van der Waals surface area contributed by atoms with E-state index in [1.807, 2.05) is 0 Å². The zero-order chi connectivity index (χ0) is 21.9. The van der Waals surface area contributed by atoms with Crippen molar-refractivity contribution in [2.45, 2.75) is 4.90 Å². The van der Waals surface area contributed by atoms with E-state index in [2.05, 4.69) is 10.0 Å². The first-order valence-electron chi connectivity index (χ1n) is 8.42. The molecule has 0 fully saturated rings. The minimum absolute atomic E-state index is 0.00455. The standard InChI is InChI=1S/C20H15F3N2O4S/c1-29-19-9-5-14(24-20(26)12-2-8-16(22)17(23)10-12)11-18(19)25-30(27,28)15-6-3-13(21)4-7-15/h2-11,25H,1H3,(H,24,26). The van der Waals surface area contributed by atoms with Crippen molar-refractivity contribution in [3.63, 3.8) is 0 Å². The predicted molar refractivity (Wildman–Crippen MR) is 105 cm³/mol. The molecule has 10 heteroatoms. The number of amides is 1. The molecule has 30 heavy (non-hydrogen) atoms. The van der Waals surface area contributed by atoms with Crippen LogP contribution in [0.1, 0.15) is 10.4 Å². The van der Waals surface area contributed by atoms with E-state index in [1.165, 1.54) is 25.3 Å². The highest BCUT2D eigenvalue weighted by molar-refractivity contribution is 7.92. The first-order valence-corrected chi connectivity index (χ1v) is 9.91. The number of benzene rings is 3. The van der Waals surface area contributed by atoms with Crippen molar-refractivity contribution in [3.05, 3.63) is 83.7 Å². The van der Waals surface area contributed by atoms with Crippen LogP contribution in [0, 0.1) is 17.5 Å². The van der Waals surface area contributed by atoms with Crippen LogP contribution in [-0.2, 0) is 10.0 Å². The molecule has 0 aromatic heterocycles. The van der Waals surface area contributed by atoms with Crippen molar-refractivity contribution in [1.29, 1.82) is 0 Å². The predicted octanol–water partition coefficient (Wildman–Crippen LogP) is 4.17. The molecule has 0 bridgehead atoms. The summed E-state index contributed by atoms with van der Waals surface area (Å²) in [6.45, 7) is 0. The molecule has 2 N–H and O–H groups in total. The van der Waals surface area contributed by atoms with Gasteiger partial charge in [0.2, 0.25) is 0 Å². The first-order chi connectivity index (χ1) is 14.2. The number of carbonyl (C=O) groups excluding carboxylic acids is 1. The second-order valence-corrected chi connectivity index (χ2v) is 7.74. The smallest absolute Gasteiger partial charge is 0.262 e. The van der Waals surface area contributed by atoms with Gasteiger partial charge in [-0.25, -0.2) is 21.6 Å². The maximum Gasteiger partial charge on any atom is 0.262 e. The molecule has 0 atom stereocenters. The topological polar surface area (TPSA) is 84.5 Å². The lowest BCUT2D eigenvalue weighted by atomic mass is 10.2. The summed E-state index contributed by atoms with van der Waals surface area (Å²) in [5, 5.41) is 2.46. The summed E-state index contributed by atoms with van der Waals surface area (Å²) in [7, 11) is -2.75. The number of carbonyl (C=O) groups is 1. The highest BCUT2D eigenvalue weighted by Crippen LogP contribution is 2.30. The summed E-state index contributed by atoms with van der Waals surface area (Å²) in [5.74, 6) is -3.43. The summed E-state index contributed by atoms with van der Waals surface area (Å²) < 4.78 is 72.0. The minimum Gasteiger partial charge on any atom is -0.495 e. The molecular weight excluding hydrogens is 421 g/mol. The van der Waals surface area contributed by atoms with Gasteiger partial charge in [-0.3, -0.25) is 9.52 Å². The molecule has 0 spiro atoms. The van der Waals surface area contributed by atoms with Gasteiger partial charge >= 0.3 is 0 Å². The maximum absolute atomic E-state index is 13.3. The van der Waals surface area contributed by atoms with Crippen LogP contribution >= 0.6 is 0 Å². The molecule has 0 heterocycles. The van der Waals surface area contributed by atoms with Gasteiger partial charge in [-0.1, -0.05) is 0 Å². The second kappa shape index (κ2) is 8.46. The SMILES string of the molecule is COc1ccc(NC(=O)c2ccc(F)c(F)c2)cc1NS(=O)(=O)c1ccc(F)cc1. The van der Waals surface area contributed by atoms with Gasteiger partial charge in [-0.2, -0.15) is 0 Å². The number of methoxy groups -OCH3 is 1. The Morgan fingerprint density at radius 2 is 1.60 bits per heavy atom. The third-order valence-corrected chi connectivity index (χ3v) is 5.39. The molecule has 0 radical (unpaired) electrons. The average molecular weight is 436 g/mol. The van der Waals surface area contributed by atoms with Crippen molar-refractivity contribution in [2.75, 3.05) is 17.1 Å². The Morgan fingerprint density at radius 1 is 0.900 bits per heavy atom. The first kappa shape index (κ1) is 21.2. The molecule has 1 amide bonds.